The van der Waals surface area contributed by atoms with E-state index in [9.17, 15) is 9.59 Å². The van der Waals surface area contributed by atoms with Crippen LogP contribution in [-0.4, -0.2) is 43.4 Å². The van der Waals surface area contributed by atoms with Crippen LogP contribution < -0.4 is 10.6 Å². The van der Waals surface area contributed by atoms with Crippen molar-refractivity contribution in [2.75, 3.05) is 5.32 Å². The highest BCUT2D eigenvalue weighted by Crippen LogP contribution is 2.60. The van der Waals surface area contributed by atoms with Gasteiger partial charge in [-0.15, -0.1) is 0 Å². The van der Waals surface area contributed by atoms with E-state index < -0.39 is 23.7 Å². The smallest absolute Gasteiger partial charge is 0.276 e. The molecule has 11 heteroatoms. The summed E-state index contributed by atoms with van der Waals surface area (Å²) in [5, 5.41) is 19.9. The molecule has 0 saturated heterocycles. The van der Waals surface area contributed by atoms with Gasteiger partial charge in [-0.3, -0.25) is 19.7 Å². The average molecular weight is 482 g/mol. The minimum absolute atomic E-state index is 0.0305. The highest BCUT2D eigenvalue weighted by atomic mass is 19.1. The van der Waals surface area contributed by atoms with E-state index in [1.54, 1.807) is 20.8 Å². The van der Waals surface area contributed by atoms with Gasteiger partial charge in [0.1, 0.15) is 17.4 Å². The minimum atomic E-state index is -0.820. The van der Waals surface area contributed by atoms with E-state index in [0.717, 1.165) is 25.7 Å². The van der Waals surface area contributed by atoms with Gasteiger partial charge in [-0.1, -0.05) is 12.1 Å². The predicted octanol–water partition coefficient (Wildman–Crippen LogP) is 3.48. The van der Waals surface area contributed by atoms with Gasteiger partial charge in [-0.2, -0.15) is 5.10 Å². The maximum absolute atomic E-state index is 15.0. The second-order valence-corrected chi connectivity index (χ2v) is 10.0. The number of hydrogen-bond donors (Lipinski definition) is 3. The maximum Gasteiger partial charge on any atom is 0.276 e. The minimum Gasteiger partial charge on any atom is -0.338 e. The molecule has 0 aliphatic heterocycles. The number of hydrogen-bond acceptors (Lipinski definition) is 7. The number of halogens is 1. The van der Waals surface area contributed by atoms with Gasteiger partial charge in [0.15, 0.2) is 11.5 Å². The normalized spacial score (nSPS) is 18.1. The molecule has 2 fully saturated rings. The lowest BCUT2D eigenvalue weighted by atomic mass is 9.80. The molecule has 3 aromatic rings. The summed E-state index contributed by atoms with van der Waals surface area (Å²) in [6, 6.07) is 0.418. The van der Waals surface area contributed by atoms with Crippen LogP contribution in [-0.2, 0) is 4.79 Å². The van der Waals surface area contributed by atoms with Crippen molar-refractivity contribution in [3.05, 3.63) is 40.9 Å². The number of carbonyl (C=O) groups excluding carboxylic acids is 2. The number of nitrogens with zero attached hydrogens (tertiary/aromatic N) is 4. The number of aromatic amines is 1. The number of aromatic nitrogens is 5. The molecule has 3 heterocycles. The summed E-state index contributed by atoms with van der Waals surface area (Å²) < 4.78 is 19.7. The topological polar surface area (TPSA) is 139 Å². The van der Waals surface area contributed by atoms with E-state index in [1.807, 2.05) is 0 Å². The molecule has 10 nitrogen and oxygen atoms in total. The van der Waals surface area contributed by atoms with Crippen molar-refractivity contribution in [3.63, 3.8) is 0 Å². The van der Waals surface area contributed by atoms with Crippen LogP contribution in [0.2, 0.25) is 0 Å². The number of carbonyl (C=O) groups is 2. The first-order valence-electron chi connectivity index (χ1n) is 11.8. The molecule has 0 spiro atoms. The van der Waals surface area contributed by atoms with Crippen LogP contribution in [0.5, 0.6) is 0 Å². The van der Waals surface area contributed by atoms with Gasteiger partial charge in [-0.25, -0.2) is 9.02 Å². The Balaban J connectivity index is 1.41. The Morgan fingerprint density at radius 1 is 1.20 bits per heavy atom. The van der Waals surface area contributed by atoms with Gasteiger partial charge in [-0.05, 0) is 68.9 Å². The summed E-state index contributed by atoms with van der Waals surface area (Å²) >= 11 is 0. The number of amides is 2. The Kier molecular flexibility index (Phi) is 5.65. The van der Waals surface area contributed by atoms with Gasteiger partial charge in [0.2, 0.25) is 5.91 Å². The fraction of sp³-hybridized carbons (Fsp3) is 0.500. The summed E-state index contributed by atoms with van der Waals surface area (Å²) in [4.78, 5) is 30.7. The Morgan fingerprint density at radius 3 is 2.49 bits per heavy atom. The van der Waals surface area contributed by atoms with E-state index >= 15 is 4.39 Å². The van der Waals surface area contributed by atoms with Gasteiger partial charge in [0.25, 0.3) is 5.91 Å². The highest BCUT2D eigenvalue weighted by Gasteiger charge is 2.55. The van der Waals surface area contributed by atoms with Gasteiger partial charge >= 0.3 is 0 Å². The summed E-state index contributed by atoms with van der Waals surface area (Å²) in [7, 11) is 0. The Morgan fingerprint density at radius 2 is 1.94 bits per heavy atom. The summed E-state index contributed by atoms with van der Waals surface area (Å²) in [6.07, 6.45) is 5.43. The number of rotatable bonds is 8. The van der Waals surface area contributed by atoms with Crippen LogP contribution in [0.3, 0.4) is 0 Å². The predicted molar refractivity (Wildman–Crippen MR) is 124 cm³/mol. The average Bonchev–Trinajstić information content (AvgIpc) is 3.71. The molecule has 2 aliphatic carbocycles. The number of aryl methyl sites for hydroxylation is 3. The first-order chi connectivity index (χ1) is 16.7. The van der Waals surface area contributed by atoms with Crippen molar-refractivity contribution in [1.29, 1.82) is 0 Å². The summed E-state index contributed by atoms with van der Waals surface area (Å²) in [5.41, 5.74) is 2.66. The molecular weight excluding hydrogens is 453 g/mol. The van der Waals surface area contributed by atoms with Crippen LogP contribution in [0.4, 0.5) is 10.1 Å². The van der Waals surface area contributed by atoms with Gasteiger partial charge in [0.05, 0.1) is 17.6 Å². The second-order valence-electron chi connectivity index (χ2n) is 10.0. The molecule has 2 saturated carbocycles. The van der Waals surface area contributed by atoms with Crippen LogP contribution in [0.1, 0.15) is 60.2 Å². The fourth-order valence-electron chi connectivity index (χ4n) is 5.01. The number of pyridine rings is 1. The largest absolute Gasteiger partial charge is 0.338 e. The third-order valence-corrected chi connectivity index (χ3v) is 7.24. The van der Waals surface area contributed by atoms with Crippen LogP contribution in [0.25, 0.3) is 11.3 Å². The molecule has 2 amide bonds. The number of nitrogens with one attached hydrogen (secondary N) is 3. The van der Waals surface area contributed by atoms with Crippen molar-refractivity contribution in [3.8, 4) is 11.3 Å². The van der Waals surface area contributed by atoms with E-state index in [0.29, 0.717) is 28.6 Å². The van der Waals surface area contributed by atoms with Crippen molar-refractivity contribution in [1.82, 2.24) is 30.8 Å². The van der Waals surface area contributed by atoms with Crippen molar-refractivity contribution in [2.24, 2.45) is 17.3 Å². The first-order valence-corrected chi connectivity index (χ1v) is 11.8. The Labute approximate surface area is 201 Å². The van der Waals surface area contributed by atoms with Crippen molar-refractivity contribution < 1.29 is 18.6 Å². The quantitative estimate of drug-likeness (QED) is 0.448. The number of H-pyrrole nitrogens is 1. The molecule has 0 aromatic carbocycles. The lowest BCUT2D eigenvalue weighted by Gasteiger charge is -2.32. The van der Waals surface area contributed by atoms with E-state index in [-0.39, 0.29) is 28.4 Å². The first kappa shape index (κ1) is 23.1. The third-order valence-electron chi connectivity index (χ3n) is 7.24. The molecule has 2 aliphatic rings. The van der Waals surface area contributed by atoms with Crippen LogP contribution in [0.15, 0.2) is 16.9 Å². The van der Waals surface area contributed by atoms with E-state index in [1.165, 1.54) is 12.3 Å². The van der Waals surface area contributed by atoms with Crippen LogP contribution >= 0.6 is 0 Å². The molecule has 3 N–H and O–H groups in total. The fourth-order valence-corrected chi connectivity index (χ4v) is 5.01. The Bertz CT molecular complexity index is 1270. The zero-order valence-electron chi connectivity index (χ0n) is 20.1. The lowest BCUT2D eigenvalue weighted by Crippen LogP contribution is -2.51. The summed E-state index contributed by atoms with van der Waals surface area (Å²) in [5.74, 6) is -1.21. The van der Waals surface area contributed by atoms with Gasteiger partial charge in [0, 0.05) is 17.3 Å². The zero-order chi connectivity index (χ0) is 24.9. The molecule has 184 valence electrons. The third kappa shape index (κ3) is 4.42. The molecule has 5 rings (SSSR count). The highest BCUT2D eigenvalue weighted by molar-refractivity contribution is 6.01. The zero-order valence-corrected chi connectivity index (χ0v) is 20.1. The molecule has 2 atom stereocenters. The SMILES string of the molecule is Cc1nonc1C(=O)N[C@H](C(=O)Nc1cnc(-c2c(C)n[nH]c2C)c(F)c1)C(C1CC1)C1(C)CC1. The van der Waals surface area contributed by atoms with E-state index in [4.69, 9.17) is 0 Å². The molecule has 0 radical (unpaired) electrons. The standard InChI is InChI=1S/C24H28FN7O3/c1-11-17(12(2)30-29-11)20-16(25)9-15(10-26-20)27-23(34)21(18(14-5-6-14)24(4)7-8-24)28-22(33)19-13(3)31-35-32-19/h9-10,14,18,21H,5-8H2,1-4H3,(H,27,34)(H,28,33)(H,29,30)/t18?,21-/m0/s1. The number of anilines is 1. The molecular formula is C24H28FN7O3. The van der Waals surface area contributed by atoms with Crippen LogP contribution in [0, 0.1) is 43.8 Å². The second kappa shape index (κ2) is 8.54. The molecule has 3 aromatic heterocycles. The molecule has 35 heavy (non-hydrogen) atoms. The summed E-state index contributed by atoms with van der Waals surface area (Å²) in [6.45, 7) is 7.32. The maximum atomic E-state index is 15.0. The van der Waals surface area contributed by atoms with Crippen molar-refractivity contribution in [2.45, 2.75) is 59.4 Å². The molecule has 1 unspecified atom stereocenters. The van der Waals surface area contributed by atoms with Crippen molar-refractivity contribution >= 4 is 17.5 Å². The monoisotopic (exact) mass is 481 g/mol. The Hall–Kier alpha value is -3.63. The van der Waals surface area contributed by atoms with Gasteiger partial charge < -0.3 is 10.6 Å². The van der Waals surface area contributed by atoms with E-state index in [2.05, 4.69) is 47.7 Å². The lowest BCUT2D eigenvalue weighted by molar-refractivity contribution is -0.120. The molecule has 0 bridgehead atoms.